The Hall–Kier alpha value is -0.510. The van der Waals surface area contributed by atoms with Crippen LogP contribution in [-0.4, -0.2) is 17.8 Å². The Balaban J connectivity index is 2.53. The molecule has 1 unspecified atom stereocenters. The molecule has 0 bridgehead atoms. The van der Waals surface area contributed by atoms with Crippen LogP contribution in [0.5, 0.6) is 0 Å². The van der Waals surface area contributed by atoms with Gasteiger partial charge in [0.1, 0.15) is 6.61 Å². The molecule has 1 aliphatic heterocycles. The maximum Gasteiger partial charge on any atom is 0.475 e. The molecule has 0 spiro atoms. The van der Waals surface area contributed by atoms with Gasteiger partial charge in [-0.1, -0.05) is 13.3 Å². The number of cyclic esters (lactones) is 1. The Morgan fingerprint density at radius 1 is 1.73 bits per heavy atom. The molecule has 1 saturated heterocycles. The molecule has 4 heteroatoms. The molecular weight excluding hydrogens is 164 g/mol. The van der Waals surface area contributed by atoms with Gasteiger partial charge in [-0.25, -0.2) is 4.79 Å². The molecule has 0 aromatic rings. The molecule has 62 valence electrons. The van der Waals surface area contributed by atoms with Gasteiger partial charge in [-0.2, -0.15) is 0 Å². The Morgan fingerprint density at radius 3 is 3.00 bits per heavy atom. The van der Waals surface area contributed by atoms with Crippen LogP contribution in [0, 0.1) is 5.92 Å². The smallest absolute Gasteiger partial charge is 0.461 e. The van der Waals surface area contributed by atoms with Crippen molar-refractivity contribution in [2.24, 2.45) is 5.92 Å². The van der Waals surface area contributed by atoms with E-state index in [0.717, 1.165) is 12.8 Å². The monoisotopic (exact) mass is 175 g/mol. The summed E-state index contributed by atoms with van der Waals surface area (Å²) in [6.07, 6.45) is 1.91. The summed E-state index contributed by atoms with van der Waals surface area (Å²) in [6.45, 7) is 2.47. The molecule has 0 aromatic carbocycles. The van der Waals surface area contributed by atoms with Crippen molar-refractivity contribution in [3.05, 3.63) is 0 Å². The SMILES string of the molecule is CCC[C@H]1COC(=O)C1[S+]=O. The highest BCUT2D eigenvalue weighted by atomic mass is 32.1. The zero-order valence-corrected chi connectivity index (χ0v) is 7.23. The summed E-state index contributed by atoms with van der Waals surface area (Å²) >= 11 is 0.364. The average molecular weight is 175 g/mol. The van der Waals surface area contributed by atoms with Gasteiger partial charge < -0.3 is 4.74 Å². The van der Waals surface area contributed by atoms with E-state index < -0.39 is 5.25 Å². The van der Waals surface area contributed by atoms with Gasteiger partial charge in [0.15, 0.2) is 0 Å². The van der Waals surface area contributed by atoms with Crippen LogP contribution in [0.25, 0.3) is 0 Å². The second kappa shape index (κ2) is 3.76. The lowest BCUT2D eigenvalue weighted by Crippen LogP contribution is -2.20. The first kappa shape index (κ1) is 8.59. The Labute approximate surface area is 69.6 Å². The maximum atomic E-state index is 10.8. The van der Waals surface area contributed by atoms with E-state index in [-0.39, 0.29) is 11.9 Å². The molecule has 1 aliphatic rings. The summed E-state index contributed by atoms with van der Waals surface area (Å²) in [7, 11) is 0. The van der Waals surface area contributed by atoms with E-state index in [9.17, 15) is 9.00 Å². The number of ether oxygens (including phenoxy) is 1. The van der Waals surface area contributed by atoms with Crippen LogP contribution in [0.1, 0.15) is 19.8 Å². The van der Waals surface area contributed by atoms with Gasteiger partial charge >= 0.3 is 22.9 Å². The van der Waals surface area contributed by atoms with Crippen molar-refractivity contribution in [3.8, 4) is 0 Å². The first-order chi connectivity index (χ1) is 5.29. The van der Waals surface area contributed by atoms with E-state index in [2.05, 4.69) is 0 Å². The van der Waals surface area contributed by atoms with Crippen molar-refractivity contribution in [1.29, 1.82) is 0 Å². The summed E-state index contributed by atoms with van der Waals surface area (Å²) in [5, 5.41) is -0.449. The van der Waals surface area contributed by atoms with E-state index in [1.165, 1.54) is 0 Å². The van der Waals surface area contributed by atoms with Crippen LogP contribution in [0.3, 0.4) is 0 Å². The van der Waals surface area contributed by atoms with E-state index in [1.54, 1.807) is 0 Å². The Morgan fingerprint density at radius 2 is 2.45 bits per heavy atom. The van der Waals surface area contributed by atoms with E-state index in [0.29, 0.717) is 18.3 Å². The van der Waals surface area contributed by atoms with Crippen LogP contribution in [0.4, 0.5) is 0 Å². The van der Waals surface area contributed by atoms with Gasteiger partial charge in [0.2, 0.25) is 0 Å². The van der Waals surface area contributed by atoms with Gasteiger partial charge in [-0.05, 0) is 6.42 Å². The average Bonchev–Trinajstić information content (AvgIpc) is 2.33. The topological polar surface area (TPSA) is 43.4 Å². The maximum absolute atomic E-state index is 10.8. The summed E-state index contributed by atoms with van der Waals surface area (Å²) in [6, 6.07) is 0. The minimum Gasteiger partial charge on any atom is -0.461 e. The zero-order chi connectivity index (χ0) is 8.27. The van der Waals surface area contributed by atoms with Crippen LogP contribution in [0.2, 0.25) is 0 Å². The molecule has 1 heterocycles. The predicted octanol–water partition coefficient (Wildman–Crippen LogP) is 0.756. The molecule has 0 saturated carbocycles. The predicted molar refractivity (Wildman–Crippen MR) is 41.2 cm³/mol. The lowest BCUT2D eigenvalue weighted by molar-refractivity contribution is -0.137. The van der Waals surface area contributed by atoms with E-state index in [1.807, 2.05) is 6.92 Å². The van der Waals surface area contributed by atoms with Crippen LogP contribution >= 0.6 is 0 Å². The van der Waals surface area contributed by atoms with Gasteiger partial charge in [0, 0.05) is 4.21 Å². The first-order valence-electron chi connectivity index (χ1n) is 3.74. The molecule has 1 rings (SSSR count). The summed E-state index contributed by atoms with van der Waals surface area (Å²) in [4.78, 5) is 10.8. The molecule has 0 aromatic heterocycles. The second-order valence-corrected chi connectivity index (χ2v) is 3.40. The number of hydrogen-bond acceptors (Lipinski definition) is 3. The zero-order valence-electron chi connectivity index (χ0n) is 6.41. The summed E-state index contributed by atoms with van der Waals surface area (Å²) < 4.78 is 15.2. The third-order valence-electron chi connectivity index (χ3n) is 1.86. The van der Waals surface area contributed by atoms with Gasteiger partial charge in [-0.3, -0.25) is 0 Å². The third-order valence-corrected chi connectivity index (χ3v) is 2.65. The molecular formula is C7H11O3S+. The Bertz CT molecular complexity index is 169. The highest BCUT2D eigenvalue weighted by Crippen LogP contribution is 2.21. The van der Waals surface area contributed by atoms with Crippen molar-refractivity contribution in [2.45, 2.75) is 25.0 Å². The number of hydrogen-bond donors (Lipinski definition) is 0. The summed E-state index contributed by atoms with van der Waals surface area (Å²) in [5.74, 6) is -0.182. The van der Waals surface area contributed by atoms with Crippen molar-refractivity contribution < 1.29 is 13.7 Å². The normalized spacial score (nSPS) is 30.1. The van der Waals surface area contributed by atoms with Gasteiger partial charge in [0.05, 0.1) is 5.92 Å². The largest absolute Gasteiger partial charge is 0.475 e. The Kier molecular flexibility index (Phi) is 2.93. The van der Waals surface area contributed by atoms with Crippen molar-refractivity contribution >= 4 is 17.6 Å². The number of rotatable bonds is 3. The molecule has 1 fully saturated rings. The van der Waals surface area contributed by atoms with E-state index >= 15 is 0 Å². The fraction of sp³-hybridized carbons (Fsp3) is 0.857. The molecule has 11 heavy (non-hydrogen) atoms. The molecule has 3 nitrogen and oxygen atoms in total. The molecule has 0 N–H and O–H groups in total. The van der Waals surface area contributed by atoms with Gasteiger partial charge in [-0.15, -0.1) is 0 Å². The van der Waals surface area contributed by atoms with Crippen molar-refractivity contribution in [1.82, 2.24) is 0 Å². The third kappa shape index (κ3) is 1.74. The fourth-order valence-corrected chi connectivity index (χ4v) is 1.79. The molecule has 0 amide bonds. The lowest BCUT2D eigenvalue weighted by Gasteiger charge is -1.98. The highest BCUT2D eigenvalue weighted by molar-refractivity contribution is 7.67. The van der Waals surface area contributed by atoms with E-state index in [4.69, 9.17) is 4.74 Å². The van der Waals surface area contributed by atoms with Crippen molar-refractivity contribution in [3.63, 3.8) is 0 Å². The first-order valence-corrected chi connectivity index (χ1v) is 4.55. The minimum atomic E-state index is -0.449. The summed E-state index contributed by atoms with van der Waals surface area (Å²) in [5.41, 5.74) is 0. The lowest BCUT2D eigenvalue weighted by atomic mass is 10.0. The van der Waals surface area contributed by atoms with Crippen LogP contribution < -0.4 is 0 Å². The van der Waals surface area contributed by atoms with Crippen molar-refractivity contribution in [2.75, 3.05) is 6.61 Å². The molecule has 0 aliphatic carbocycles. The highest BCUT2D eigenvalue weighted by Gasteiger charge is 2.46. The molecule has 0 radical (unpaired) electrons. The van der Waals surface area contributed by atoms with Crippen LogP contribution in [-0.2, 0) is 25.4 Å². The van der Waals surface area contributed by atoms with Gasteiger partial charge in [0.25, 0.3) is 0 Å². The quantitative estimate of drug-likeness (QED) is 0.469. The minimum absolute atomic E-state index is 0.148. The molecule has 2 atom stereocenters. The second-order valence-electron chi connectivity index (χ2n) is 2.70. The number of carbonyl (C=O) groups is 1. The van der Waals surface area contributed by atoms with Crippen LogP contribution in [0.15, 0.2) is 0 Å². The standard InChI is InChI=1S/C7H11O3S/c1-2-3-5-4-10-7(8)6(5)11-9/h5-6H,2-4H2,1H3/q+1/t5-,6?/m0/s1. The fourth-order valence-electron chi connectivity index (χ4n) is 1.27. The number of esters is 1. The number of carbonyl (C=O) groups excluding carboxylic acids is 1.